The van der Waals surface area contributed by atoms with Gasteiger partial charge in [0.05, 0.1) is 29.9 Å². The highest BCUT2D eigenvalue weighted by Gasteiger charge is 2.45. The fraction of sp³-hybridized carbons (Fsp3) is 0.600. The Morgan fingerprint density at radius 2 is 2.13 bits per heavy atom. The van der Waals surface area contributed by atoms with Gasteiger partial charge >= 0.3 is 0 Å². The zero-order valence-corrected chi connectivity index (χ0v) is 17.2. The number of anilines is 3. The normalized spacial score (nSPS) is 21.8. The summed E-state index contributed by atoms with van der Waals surface area (Å²) in [6, 6.07) is 2.24. The third kappa shape index (κ3) is 4.36. The van der Waals surface area contributed by atoms with Crippen LogP contribution in [0, 0.1) is 24.2 Å². The van der Waals surface area contributed by atoms with E-state index in [1.54, 1.807) is 17.1 Å². The molecule has 1 atom stereocenters. The molecule has 2 aliphatic rings. The Labute approximate surface area is 174 Å². The molecule has 0 aromatic carbocycles. The van der Waals surface area contributed by atoms with Crippen LogP contribution in [0.2, 0.25) is 0 Å². The zero-order valence-electron chi connectivity index (χ0n) is 17.2. The van der Waals surface area contributed by atoms with Gasteiger partial charge in [-0.1, -0.05) is 0 Å². The first-order valence-corrected chi connectivity index (χ1v) is 10.1. The standard InChI is InChI=1S/C20H26F2N8/c1-14-8-24-18(27-16-10-26-29(2)11-16)28-17(14)30-12-19(13-30,5-6-23)25-9-15-3-4-20(21,22)7-15/h8,10-11,15,25H,3-5,7,9,12-13H2,1-2H3,(H,24,27,28)/t15-/m1/s1. The minimum absolute atomic E-state index is 0.0381. The fourth-order valence-electron chi connectivity index (χ4n) is 4.28. The second kappa shape index (κ2) is 7.80. The highest BCUT2D eigenvalue weighted by molar-refractivity contribution is 5.57. The number of hydrogen-bond acceptors (Lipinski definition) is 7. The van der Waals surface area contributed by atoms with Gasteiger partial charge in [-0.2, -0.15) is 15.3 Å². The molecular weight excluding hydrogens is 390 g/mol. The van der Waals surface area contributed by atoms with Gasteiger partial charge in [0, 0.05) is 50.9 Å². The van der Waals surface area contributed by atoms with E-state index in [9.17, 15) is 14.0 Å². The molecular formula is C20H26F2N8. The van der Waals surface area contributed by atoms with Crippen LogP contribution in [0.5, 0.6) is 0 Å². The summed E-state index contributed by atoms with van der Waals surface area (Å²) in [6.07, 6.45) is 6.05. The smallest absolute Gasteiger partial charge is 0.248 e. The second-order valence-corrected chi connectivity index (χ2v) is 8.54. The number of nitrogens with zero attached hydrogens (tertiary/aromatic N) is 6. The van der Waals surface area contributed by atoms with Crippen LogP contribution >= 0.6 is 0 Å². The largest absolute Gasteiger partial charge is 0.352 e. The van der Waals surface area contributed by atoms with E-state index in [1.807, 2.05) is 20.2 Å². The monoisotopic (exact) mass is 416 g/mol. The summed E-state index contributed by atoms with van der Waals surface area (Å²) in [7, 11) is 1.83. The van der Waals surface area contributed by atoms with Crippen molar-refractivity contribution in [2.24, 2.45) is 13.0 Å². The summed E-state index contributed by atoms with van der Waals surface area (Å²) in [5, 5.41) is 20.0. The van der Waals surface area contributed by atoms with E-state index < -0.39 is 5.92 Å². The van der Waals surface area contributed by atoms with Gasteiger partial charge in [-0.05, 0) is 25.8 Å². The topological polar surface area (TPSA) is 94.7 Å². The van der Waals surface area contributed by atoms with Crippen molar-refractivity contribution in [1.29, 1.82) is 5.26 Å². The molecule has 0 spiro atoms. The first-order chi connectivity index (χ1) is 14.3. The van der Waals surface area contributed by atoms with E-state index in [2.05, 4.69) is 36.7 Å². The molecule has 0 amide bonds. The lowest BCUT2D eigenvalue weighted by atomic mass is 9.85. The summed E-state index contributed by atoms with van der Waals surface area (Å²) < 4.78 is 28.6. The molecule has 1 aliphatic carbocycles. The minimum atomic E-state index is -2.55. The molecule has 3 heterocycles. The van der Waals surface area contributed by atoms with Gasteiger partial charge in [0.2, 0.25) is 11.9 Å². The lowest BCUT2D eigenvalue weighted by molar-refractivity contribution is 0.00465. The first-order valence-electron chi connectivity index (χ1n) is 10.1. The van der Waals surface area contributed by atoms with Crippen LogP contribution in [-0.2, 0) is 7.05 Å². The summed E-state index contributed by atoms with van der Waals surface area (Å²) in [6.45, 7) is 3.67. The SMILES string of the molecule is Cc1cnc(Nc2cnn(C)c2)nc1N1CC(CC#N)(NC[C@@H]2CCC(F)(F)C2)C1. The van der Waals surface area contributed by atoms with E-state index in [-0.39, 0.29) is 24.3 Å². The molecule has 1 aliphatic heterocycles. The number of hydrogen-bond donors (Lipinski definition) is 2. The van der Waals surface area contributed by atoms with Crippen molar-refractivity contribution in [3.8, 4) is 6.07 Å². The van der Waals surface area contributed by atoms with Gasteiger partial charge < -0.3 is 15.5 Å². The first kappa shape index (κ1) is 20.5. The van der Waals surface area contributed by atoms with Crippen LogP contribution in [0.15, 0.2) is 18.6 Å². The lowest BCUT2D eigenvalue weighted by Crippen LogP contribution is -2.70. The van der Waals surface area contributed by atoms with Crippen LogP contribution < -0.4 is 15.5 Å². The molecule has 30 heavy (non-hydrogen) atoms. The summed E-state index contributed by atoms with van der Waals surface area (Å²) in [4.78, 5) is 11.1. The van der Waals surface area contributed by atoms with Gasteiger partial charge in [-0.3, -0.25) is 4.68 Å². The molecule has 2 aromatic rings. The van der Waals surface area contributed by atoms with Gasteiger partial charge in [0.1, 0.15) is 5.82 Å². The van der Waals surface area contributed by atoms with Gasteiger partial charge in [-0.25, -0.2) is 13.8 Å². The predicted molar refractivity (Wildman–Crippen MR) is 109 cm³/mol. The van der Waals surface area contributed by atoms with Crippen molar-refractivity contribution in [3.05, 3.63) is 24.2 Å². The maximum atomic E-state index is 13.5. The van der Waals surface area contributed by atoms with Crippen molar-refractivity contribution >= 4 is 17.5 Å². The van der Waals surface area contributed by atoms with Gasteiger partial charge in [-0.15, -0.1) is 0 Å². The maximum Gasteiger partial charge on any atom is 0.248 e. The fourth-order valence-corrected chi connectivity index (χ4v) is 4.28. The summed E-state index contributed by atoms with van der Waals surface area (Å²) in [5.74, 6) is -1.31. The number of aromatic nitrogens is 4. The number of alkyl halides is 2. The predicted octanol–water partition coefficient (Wildman–Crippen LogP) is 2.76. The van der Waals surface area contributed by atoms with Crippen molar-refractivity contribution in [3.63, 3.8) is 0 Å². The summed E-state index contributed by atoms with van der Waals surface area (Å²) in [5.41, 5.74) is 1.35. The molecule has 2 N–H and O–H groups in total. The third-order valence-electron chi connectivity index (χ3n) is 5.88. The molecule has 0 bridgehead atoms. The van der Waals surface area contributed by atoms with Gasteiger partial charge in [0.15, 0.2) is 0 Å². The van der Waals surface area contributed by atoms with E-state index in [0.29, 0.717) is 38.4 Å². The Bertz CT molecular complexity index is 945. The minimum Gasteiger partial charge on any atom is -0.352 e. The number of halogens is 2. The Hall–Kier alpha value is -2.80. The highest BCUT2D eigenvalue weighted by Crippen LogP contribution is 2.39. The van der Waals surface area contributed by atoms with Crippen molar-refractivity contribution in [2.75, 3.05) is 29.9 Å². The molecule has 160 valence electrons. The van der Waals surface area contributed by atoms with Crippen molar-refractivity contribution in [1.82, 2.24) is 25.1 Å². The number of nitrogens with one attached hydrogen (secondary N) is 2. The Kier molecular flexibility index (Phi) is 5.32. The molecule has 8 nitrogen and oxygen atoms in total. The Morgan fingerprint density at radius 3 is 2.77 bits per heavy atom. The molecule has 10 heteroatoms. The Morgan fingerprint density at radius 1 is 1.33 bits per heavy atom. The average molecular weight is 416 g/mol. The van der Waals surface area contributed by atoms with Crippen LogP contribution in [0.4, 0.5) is 26.2 Å². The second-order valence-electron chi connectivity index (χ2n) is 8.54. The number of rotatable bonds is 7. The molecule has 1 saturated heterocycles. The van der Waals surface area contributed by atoms with E-state index in [0.717, 1.165) is 17.1 Å². The molecule has 4 rings (SSSR count). The Balaban J connectivity index is 1.40. The van der Waals surface area contributed by atoms with Gasteiger partial charge in [0.25, 0.3) is 0 Å². The molecule has 2 aromatic heterocycles. The van der Waals surface area contributed by atoms with E-state index >= 15 is 0 Å². The molecule has 1 saturated carbocycles. The van der Waals surface area contributed by atoms with Crippen LogP contribution in [0.1, 0.15) is 31.2 Å². The third-order valence-corrected chi connectivity index (χ3v) is 5.88. The summed E-state index contributed by atoms with van der Waals surface area (Å²) >= 11 is 0. The maximum absolute atomic E-state index is 13.5. The van der Waals surface area contributed by atoms with Crippen LogP contribution in [-0.4, -0.2) is 50.8 Å². The number of aryl methyl sites for hydroxylation is 2. The molecule has 0 radical (unpaired) electrons. The highest BCUT2D eigenvalue weighted by atomic mass is 19.3. The number of nitriles is 1. The van der Waals surface area contributed by atoms with E-state index in [4.69, 9.17) is 0 Å². The molecule has 0 unspecified atom stereocenters. The van der Waals surface area contributed by atoms with E-state index in [1.165, 1.54) is 0 Å². The average Bonchev–Trinajstić information content (AvgIpc) is 3.23. The quantitative estimate of drug-likeness (QED) is 0.717. The zero-order chi connectivity index (χ0) is 21.4. The van der Waals surface area contributed by atoms with Crippen LogP contribution in [0.3, 0.4) is 0 Å². The van der Waals surface area contributed by atoms with Crippen molar-refractivity contribution < 1.29 is 8.78 Å². The lowest BCUT2D eigenvalue weighted by Gasteiger charge is -2.51. The molecule has 2 fully saturated rings. The van der Waals surface area contributed by atoms with Crippen LogP contribution in [0.25, 0.3) is 0 Å². The van der Waals surface area contributed by atoms with Crippen molar-refractivity contribution in [2.45, 2.75) is 44.1 Å².